The molecule has 4 nitrogen and oxygen atoms in total. The van der Waals surface area contributed by atoms with E-state index in [0.29, 0.717) is 12.0 Å². The fourth-order valence-electron chi connectivity index (χ4n) is 1.06. The number of hydrogen-bond acceptors (Lipinski definition) is 2. The summed E-state index contributed by atoms with van der Waals surface area (Å²) < 4.78 is 0. The molecule has 0 amide bonds. The predicted molar refractivity (Wildman–Crippen MR) is 43.4 cm³/mol. The Balaban J connectivity index is 3.38. The number of aromatic nitrogens is 1. The van der Waals surface area contributed by atoms with Crippen LogP contribution in [0.3, 0.4) is 0 Å². The Kier molecular flexibility index (Phi) is 2.28. The third-order valence-corrected chi connectivity index (χ3v) is 1.65. The Morgan fingerprint density at radius 3 is 2.75 bits per heavy atom. The number of pyridine rings is 1. The fourth-order valence-corrected chi connectivity index (χ4v) is 1.06. The number of H-pyrrole nitrogens is 1. The summed E-state index contributed by atoms with van der Waals surface area (Å²) in [4.78, 5) is 24.1. The van der Waals surface area contributed by atoms with Gasteiger partial charge in [-0.2, -0.15) is 0 Å². The summed E-state index contributed by atoms with van der Waals surface area (Å²) in [5.74, 6) is -1.06. The molecule has 64 valence electrons. The number of carboxylic acid groups (broad SMARTS) is 1. The fraction of sp³-hybridized carbons (Fsp3) is 0.250. The van der Waals surface area contributed by atoms with Gasteiger partial charge in [-0.25, -0.2) is 4.79 Å². The highest BCUT2D eigenvalue weighted by atomic mass is 16.4. The zero-order valence-corrected chi connectivity index (χ0v) is 6.63. The maximum Gasteiger partial charge on any atom is 0.336 e. The standard InChI is InChI=1S/C8H9NO3/c1-2-5-6(8(11)12)3-4-9-7(5)10/h3-4H,2H2,1H3,(H,9,10)(H,11,12). The van der Waals surface area contributed by atoms with Crippen molar-refractivity contribution < 1.29 is 9.90 Å². The average molecular weight is 167 g/mol. The quantitative estimate of drug-likeness (QED) is 0.678. The Morgan fingerprint density at radius 2 is 2.33 bits per heavy atom. The van der Waals surface area contributed by atoms with Crippen LogP contribution in [0.25, 0.3) is 0 Å². The minimum Gasteiger partial charge on any atom is -0.478 e. The SMILES string of the molecule is CCc1c(C(=O)O)cc[nH]c1=O. The summed E-state index contributed by atoms with van der Waals surface area (Å²) in [7, 11) is 0. The van der Waals surface area contributed by atoms with Crippen molar-refractivity contribution in [2.24, 2.45) is 0 Å². The van der Waals surface area contributed by atoms with Crippen LogP contribution < -0.4 is 5.56 Å². The van der Waals surface area contributed by atoms with Crippen molar-refractivity contribution in [2.45, 2.75) is 13.3 Å². The topological polar surface area (TPSA) is 70.2 Å². The van der Waals surface area contributed by atoms with E-state index in [1.807, 2.05) is 0 Å². The van der Waals surface area contributed by atoms with Gasteiger partial charge in [0.2, 0.25) is 0 Å². The number of carbonyl (C=O) groups is 1. The van der Waals surface area contributed by atoms with E-state index in [1.54, 1.807) is 6.92 Å². The molecule has 1 heterocycles. The molecule has 1 rings (SSSR count). The lowest BCUT2D eigenvalue weighted by Crippen LogP contribution is -2.16. The lowest BCUT2D eigenvalue weighted by molar-refractivity contribution is 0.0695. The van der Waals surface area contributed by atoms with Crippen molar-refractivity contribution in [3.05, 3.63) is 33.7 Å². The van der Waals surface area contributed by atoms with E-state index in [0.717, 1.165) is 0 Å². The second-order valence-corrected chi connectivity index (χ2v) is 2.36. The number of aromatic carboxylic acids is 1. The summed E-state index contributed by atoms with van der Waals surface area (Å²) in [6.07, 6.45) is 1.77. The third kappa shape index (κ3) is 1.37. The second kappa shape index (κ2) is 3.21. The van der Waals surface area contributed by atoms with Gasteiger partial charge in [-0.05, 0) is 12.5 Å². The first-order valence-electron chi connectivity index (χ1n) is 3.60. The molecule has 0 aliphatic heterocycles. The van der Waals surface area contributed by atoms with Crippen LogP contribution in [-0.4, -0.2) is 16.1 Å². The molecule has 1 aromatic heterocycles. The van der Waals surface area contributed by atoms with Crippen LogP contribution in [0, 0.1) is 0 Å². The Hall–Kier alpha value is -1.58. The molecule has 0 atom stereocenters. The first-order valence-corrected chi connectivity index (χ1v) is 3.60. The number of hydrogen-bond donors (Lipinski definition) is 2. The average Bonchev–Trinajstić information content (AvgIpc) is 2.03. The number of rotatable bonds is 2. The second-order valence-electron chi connectivity index (χ2n) is 2.36. The van der Waals surface area contributed by atoms with Crippen LogP contribution in [0.2, 0.25) is 0 Å². The number of aromatic amines is 1. The highest BCUT2D eigenvalue weighted by Crippen LogP contribution is 2.02. The van der Waals surface area contributed by atoms with Crippen LogP contribution in [0.1, 0.15) is 22.8 Å². The molecule has 0 aromatic carbocycles. The van der Waals surface area contributed by atoms with E-state index < -0.39 is 5.97 Å². The number of carboxylic acids is 1. The van der Waals surface area contributed by atoms with Crippen molar-refractivity contribution in [3.8, 4) is 0 Å². The lowest BCUT2D eigenvalue weighted by Gasteiger charge is -1.99. The first kappa shape index (κ1) is 8.52. The van der Waals surface area contributed by atoms with Gasteiger partial charge >= 0.3 is 5.97 Å². The van der Waals surface area contributed by atoms with Gasteiger partial charge in [0.1, 0.15) is 0 Å². The van der Waals surface area contributed by atoms with Gasteiger partial charge in [-0.1, -0.05) is 6.92 Å². The van der Waals surface area contributed by atoms with Crippen molar-refractivity contribution in [1.82, 2.24) is 4.98 Å². The molecule has 0 spiro atoms. The largest absolute Gasteiger partial charge is 0.478 e. The smallest absolute Gasteiger partial charge is 0.336 e. The number of nitrogens with one attached hydrogen (secondary N) is 1. The molecule has 0 unspecified atom stereocenters. The maximum absolute atomic E-state index is 11.1. The van der Waals surface area contributed by atoms with Crippen molar-refractivity contribution in [1.29, 1.82) is 0 Å². The van der Waals surface area contributed by atoms with Crippen molar-refractivity contribution >= 4 is 5.97 Å². The maximum atomic E-state index is 11.1. The minimum absolute atomic E-state index is 0.0845. The van der Waals surface area contributed by atoms with Crippen molar-refractivity contribution in [3.63, 3.8) is 0 Å². The van der Waals surface area contributed by atoms with Gasteiger partial charge in [-0.3, -0.25) is 4.79 Å². The Bertz CT molecular complexity index is 354. The molecule has 0 radical (unpaired) electrons. The zero-order valence-electron chi connectivity index (χ0n) is 6.63. The molecule has 0 saturated heterocycles. The molecule has 12 heavy (non-hydrogen) atoms. The summed E-state index contributed by atoms with van der Waals surface area (Å²) in [5, 5.41) is 8.67. The van der Waals surface area contributed by atoms with E-state index in [4.69, 9.17) is 5.11 Å². The molecule has 0 aliphatic carbocycles. The Labute approximate surface area is 68.9 Å². The molecule has 0 aliphatic rings. The molecule has 1 aromatic rings. The molecule has 0 saturated carbocycles. The highest BCUT2D eigenvalue weighted by Gasteiger charge is 2.10. The van der Waals surface area contributed by atoms with Crippen LogP contribution >= 0.6 is 0 Å². The van der Waals surface area contributed by atoms with Crippen LogP contribution in [0.5, 0.6) is 0 Å². The van der Waals surface area contributed by atoms with Gasteiger partial charge in [0, 0.05) is 11.8 Å². The van der Waals surface area contributed by atoms with Crippen LogP contribution in [-0.2, 0) is 6.42 Å². The first-order chi connectivity index (χ1) is 5.66. The zero-order chi connectivity index (χ0) is 9.14. The molecular formula is C8H9NO3. The molecule has 0 fully saturated rings. The normalized spacial score (nSPS) is 9.75. The van der Waals surface area contributed by atoms with E-state index in [2.05, 4.69) is 4.98 Å². The molecule has 2 N–H and O–H groups in total. The summed E-state index contributed by atoms with van der Waals surface area (Å²) in [6.45, 7) is 1.75. The molecular weight excluding hydrogens is 158 g/mol. The predicted octanol–water partition coefficient (Wildman–Crippen LogP) is 0.635. The van der Waals surface area contributed by atoms with Crippen LogP contribution in [0.15, 0.2) is 17.1 Å². The van der Waals surface area contributed by atoms with Gasteiger partial charge < -0.3 is 10.1 Å². The highest BCUT2D eigenvalue weighted by molar-refractivity contribution is 5.89. The van der Waals surface area contributed by atoms with Crippen molar-refractivity contribution in [2.75, 3.05) is 0 Å². The Morgan fingerprint density at radius 1 is 1.67 bits per heavy atom. The molecule has 4 heteroatoms. The van der Waals surface area contributed by atoms with Crippen LogP contribution in [0.4, 0.5) is 0 Å². The van der Waals surface area contributed by atoms with E-state index in [9.17, 15) is 9.59 Å². The summed E-state index contributed by atoms with van der Waals surface area (Å²) in [6, 6.07) is 1.39. The van der Waals surface area contributed by atoms with E-state index in [1.165, 1.54) is 12.3 Å². The monoisotopic (exact) mass is 167 g/mol. The van der Waals surface area contributed by atoms with E-state index >= 15 is 0 Å². The van der Waals surface area contributed by atoms with Gasteiger partial charge in [0.25, 0.3) is 5.56 Å². The van der Waals surface area contributed by atoms with Gasteiger partial charge in [0.05, 0.1) is 5.56 Å². The molecule has 0 bridgehead atoms. The third-order valence-electron chi connectivity index (χ3n) is 1.65. The van der Waals surface area contributed by atoms with Gasteiger partial charge in [-0.15, -0.1) is 0 Å². The lowest BCUT2D eigenvalue weighted by atomic mass is 10.1. The summed E-state index contributed by atoms with van der Waals surface area (Å²) in [5.41, 5.74) is 0.0867. The van der Waals surface area contributed by atoms with E-state index in [-0.39, 0.29) is 11.1 Å². The summed E-state index contributed by atoms with van der Waals surface area (Å²) >= 11 is 0. The minimum atomic E-state index is -1.06. The van der Waals surface area contributed by atoms with Gasteiger partial charge in [0.15, 0.2) is 0 Å².